The van der Waals surface area contributed by atoms with E-state index in [-0.39, 0.29) is 18.2 Å². The fourth-order valence-electron chi connectivity index (χ4n) is 3.69. The van der Waals surface area contributed by atoms with Gasteiger partial charge in [0.2, 0.25) is 5.88 Å². The third kappa shape index (κ3) is 5.98. The van der Waals surface area contributed by atoms with Gasteiger partial charge in [-0.1, -0.05) is 23.8 Å². The molecule has 2 atom stereocenters. The van der Waals surface area contributed by atoms with Gasteiger partial charge in [-0.25, -0.2) is 9.37 Å². The van der Waals surface area contributed by atoms with Crippen molar-refractivity contribution >= 4 is 12.0 Å². The quantitative estimate of drug-likeness (QED) is 0.464. The minimum Gasteiger partial charge on any atom is -0.439 e. The number of benzene rings is 1. The summed E-state index contributed by atoms with van der Waals surface area (Å²) in [5, 5.41) is 2.74. The minimum absolute atomic E-state index is 0.0338. The first-order chi connectivity index (χ1) is 16.3. The first-order valence-electron chi connectivity index (χ1n) is 10.6. The highest BCUT2D eigenvalue weighted by Gasteiger charge is 2.31. The Morgan fingerprint density at radius 3 is 2.65 bits per heavy atom. The smallest absolute Gasteiger partial charge is 0.417 e. The molecule has 0 radical (unpaired) electrons. The van der Waals surface area contributed by atoms with Crippen molar-refractivity contribution in [1.29, 1.82) is 0 Å². The van der Waals surface area contributed by atoms with Crippen LogP contribution in [0.2, 0.25) is 0 Å². The van der Waals surface area contributed by atoms with Gasteiger partial charge in [0.15, 0.2) is 0 Å². The van der Waals surface area contributed by atoms with Gasteiger partial charge >= 0.3 is 6.18 Å². The van der Waals surface area contributed by atoms with Gasteiger partial charge in [0.05, 0.1) is 17.2 Å². The number of hydrogen-bond donors (Lipinski definition) is 1. The molecule has 0 bridgehead atoms. The van der Waals surface area contributed by atoms with E-state index in [1.54, 1.807) is 36.5 Å². The monoisotopic (exact) mass is 471 g/mol. The highest BCUT2D eigenvalue weighted by molar-refractivity contribution is 5.94. The molecule has 34 heavy (non-hydrogen) atoms. The Kier molecular flexibility index (Phi) is 6.90. The molecule has 5 nitrogen and oxygen atoms in total. The van der Waals surface area contributed by atoms with Crippen LogP contribution < -0.4 is 10.1 Å². The summed E-state index contributed by atoms with van der Waals surface area (Å²) in [6.07, 6.45) is 1.15. The number of pyridine rings is 2. The van der Waals surface area contributed by atoms with E-state index in [0.717, 1.165) is 23.3 Å². The molecule has 3 aromatic rings. The van der Waals surface area contributed by atoms with Crippen molar-refractivity contribution in [3.63, 3.8) is 0 Å². The predicted molar refractivity (Wildman–Crippen MR) is 118 cm³/mol. The van der Waals surface area contributed by atoms with Gasteiger partial charge in [0, 0.05) is 31.1 Å². The van der Waals surface area contributed by atoms with Crippen LogP contribution >= 0.6 is 0 Å². The zero-order chi connectivity index (χ0) is 24.1. The molecular formula is C25H21F4N3O2. The number of aromatic nitrogens is 2. The van der Waals surface area contributed by atoms with Gasteiger partial charge < -0.3 is 10.1 Å². The van der Waals surface area contributed by atoms with E-state index in [1.165, 1.54) is 6.20 Å². The molecule has 1 fully saturated rings. The summed E-state index contributed by atoms with van der Waals surface area (Å²) in [6.45, 7) is 0. The Hall–Kier alpha value is -3.75. The Bertz CT molecular complexity index is 1160. The van der Waals surface area contributed by atoms with Crippen LogP contribution in [0, 0.1) is 0 Å². The number of carbonyl (C=O) groups is 1. The maximum Gasteiger partial charge on any atom is 0.417 e. The molecule has 176 valence electrons. The van der Waals surface area contributed by atoms with E-state index >= 15 is 0 Å². The van der Waals surface area contributed by atoms with Gasteiger partial charge in [0.25, 0.3) is 5.91 Å². The first-order valence-corrected chi connectivity index (χ1v) is 10.6. The molecule has 1 N–H and O–H groups in total. The lowest BCUT2D eigenvalue weighted by Crippen LogP contribution is -2.43. The summed E-state index contributed by atoms with van der Waals surface area (Å²) in [5.74, 6) is 0.0808. The molecule has 1 aromatic carbocycles. The molecule has 0 spiro atoms. The van der Waals surface area contributed by atoms with Crippen molar-refractivity contribution in [3.05, 3.63) is 89.4 Å². The van der Waals surface area contributed by atoms with E-state index in [2.05, 4.69) is 15.3 Å². The number of alkyl halides is 4. The third-order valence-corrected chi connectivity index (χ3v) is 5.43. The largest absolute Gasteiger partial charge is 0.439 e. The second-order valence-corrected chi connectivity index (χ2v) is 7.94. The number of hydrogen-bond acceptors (Lipinski definition) is 4. The number of carbonyl (C=O) groups excluding carboxylic acids is 1. The van der Waals surface area contributed by atoms with Crippen molar-refractivity contribution in [2.24, 2.45) is 0 Å². The zero-order valence-corrected chi connectivity index (χ0v) is 17.9. The van der Waals surface area contributed by atoms with Gasteiger partial charge in [-0.15, -0.1) is 0 Å². The molecule has 2 aromatic heterocycles. The maximum atomic E-state index is 14.8. The fraction of sp³-hybridized carbons (Fsp3) is 0.240. The van der Waals surface area contributed by atoms with Crippen LogP contribution in [0.1, 0.15) is 40.7 Å². The van der Waals surface area contributed by atoms with Crippen molar-refractivity contribution < 1.29 is 27.1 Å². The summed E-state index contributed by atoms with van der Waals surface area (Å²) < 4.78 is 58.4. The normalized spacial score (nSPS) is 19.6. The molecule has 1 amide bonds. The molecule has 9 heteroatoms. The Labute approximate surface area is 193 Å². The molecule has 0 saturated heterocycles. The van der Waals surface area contributed by atoms with Gasteiger partial charge in [-0.2, -0.15) is 13.2 Å². The summed E-state index contributed by atoms with van der Waals surface area (Å²) in [4.78, 5) is 19.9. The second-order valence-electron chi connectivity index (χ2n) is 7.94. The van der Waals surface area contributed by atoms with E-state index in [4.69, 9.17) is 4.74 Å². The van der Waals surface area contributed by atoms with Crippen LogP contribution in [0.25, 0.3) is 6.08 Å². The highest BCUT2D eigenvalue weighted by Crippen LogP contribution is 2.31. The van der Waals surface area contributed by atoms with Crippen LogP contribution in [0.3, 0.4) is 0 Å². The van der Waals surface area contributed by atoms with Crippen molar-refractivity contribution in [2.75, 3.05) is 0 Å². The standard InChI is InChI=1S/C25H21F4N3O2/c26-21-13-17(6-8-22(21)32-24(33)18-4-2-10-30-14-18)11-16-3-1-5-20(12-16)34-23-9-7-19(15-31-23)25(27,28)29/h1-5,7,9-12,14-15,21-22H,6,8,13H2,(H,32,33)/b17-11+. The summed E-state index contributed by atoms with van der Waals surface area (Å²) >= 11 is 0. The number of halogens is 4. The molecule has 2 heterocycles. The molecule has 1 saturated carbocycles. The molecule has 1 aliphatic rings. The SMILES string of the molecule is O=C(NC1CC/C(=C\c2cccc(Oc3ccc(C(F)(F)F)cn3)c2)CC1F)c1cccnc1. The topological polar surface area (TPSA) is 64.1 Å². The van der Waals surface area contributed by atoms with Crippen LogP contribution in [0.4, 0.5) is 17.6 Å². The Morgan fingerprint density at radius 2 is 1.97 bits per heavy atom. The maximum absolute atomic E-state index is 14.8. The molecule has 0 aliphatic heterocycles. The Balaban J connectivity index is 1.37. The lowest BCUT2D eigenvalue weighted by atomic mass is 9.88. The number of amides is 1. The zero-order valence-electron chi connectivity index (χ0n) is 17.9. The lowest BCUT2D eigenvalue weighted by Gasteiger charge is -2.28. The average molecular weight is 471 g/mol. The van der Waals surface area contributed by atoms with Crippen molar-refractivity contribution in [3.8, 4) is 11.6 Å². The van der Waals surface area contributed by atoms with E-state index < -0.39 is 24.0 Å². The van der Waals surface area contributed by atoms with Gasteiger partial charge in [0.1, 0.15) is 11.9 Å². The number of nitrogens with zero attached hydrogens (tertiary/aromatic N) is 2. The number of nitrogens with one attached hydrogen (secondary N) is 1. The van der Waals surface area contributed by atoms with Gasteiger partial charge in [-0.05, 0) is 48.7 Å². The van der Waals surface area contributed by atoms with Crippen LogP contribution in [0.15, 0.2) is 72.7 Å². The van der Waals surface area contributed by atoms with Crippen molar-refractivity contribution in [2.45, 2.75) is 37.7 Å². The number of rotatable bonds is 5. The third-order valence-electron chi connectivity index (χ3n) is 5.43. The van der Waals surface area contributed by atoms with E-state index in [1.807, 2.05) is 12.1 Å². The van der Waals surface area contributed by atoms with Crippen molar-refractivity contribution in [1.82, 2.24) is 15.3 Å². The lowest BCUT2D eigenvalue weighted by molar-refractivity contribution is -0.137. The fourth-order valence-corrected chi connectivity index (χ4v) is 3.69. The summed E-state index contributed by atoms with van der Waals surface area (Å²) in [5.41, 5.74) is 1.19. The van der Waals surface area contributed by atoms with Crippen LogP contribution in [-0.2, 0) is 6.18 Å². The highest BCUT2D eigenvalue weighted by atomic mass is 19.4. The molecule has 1 aliphatic carbocycles. The average Bonchev–Trinajstić information content (AvgIpc) is 2.81. The van der Waals surface area contributed by atoms with Crippen LogP contribution in [0.5, 0.6) is 11.6 Å². The van der Waals surface area contributed by atoms with Gasteiger partial charge in [-0.3, -0.25) is 9.78 Å². The second kappa shape index (κ2) is 10.0. The minimum atomic E-state index is -4.47. The molecule has 4 rings (SSSR count). The first kappa shape index (κ1) is 23.4. The number of ether oxygens (including phenoxy) is 1. The Morgan fingerprint density at radius 1 is 1.12 bits per heavy atom. The van der Waals surface area contributed by atoms with E-state index in [9.17, 15) is 22.4 Å². The van der Waals surface area contributed by atoms with Crippen LogP contribution in [-0.4, -0.2) is 28.1 Å². The molecular weight excluding hydrogens is 450 g/mol. The number of allylic oxidation sites excluding steroid dienone is 1. The van der Waals surface area contributed by atoms with E-state index in [0.29, 0.717) is 30.4 Å². The molecule has 2 unspecified atom stereocenters. The predicted octanol–water partition coefficient (Wildman–Crippen LogP) is 5.99. The summed E-state index contributed by atoms with van der Waals surface area (Å²) in [7, 11) is 0. The summed E-state index contributed by atoms with van der Waals surface area (Å²) in [6, 6.07) is 11.7.